The van der Waals surface area contributed by atoms with Gasteiger partial charge in [-0.25, -0.2) is 0 Å². The monoisotopic (exact) mass is 300 g/mol. The van der Waals surface area contributed by atoms with Crippen LogP contribution in [0.1, 0.15) is 25.7 Å². The average Bonchev–Trinajstić information content (AvgIpc) is 2.23. The number of halogens is 6. The number of hydrogen-bond donors (Lipinski definition) is 1. The molecule has 0 aromatic heterocycles. The fourth-order valence-corrected chi connectivity index (χ4v) is 4.47. The Hall–Kier alpha value is -0.720. The summed E-state index contributed by atoms with van der Waals surface area (Å²) >= 11 is 0. The Morgan fingerprint density at radius 1 is 0.950 bits per heavy atom. The first-order chi connectivity index (χ1) is 9.04. The number of aliphatic hydroxyl groups is 1. The Labute approximate surface area is 111 Å². The van der Waals surface area contributed by atoms with Crippen molar-refractivity contribution in [1.29, 1.82) is 0 Å². The van der Waals surface area contributed by atoms with Crippen LogP contribution in [0.5, 0.6) is 0 Å². The Bertz CT molecular complexity index is 435. The van der Waals surface area contributed by atoms with E-state index in [1.807, 2.05) is 0 Å². The topological polar surface area (TPSA) is 20.2 Å². The zero-order valence-electron chi connectivity index (χ0n) is 10.4. The Balaban J connectivity index is 2.08. The van der Waals surface area contributed by atoms with Gasteiger partial charge in [0.1, 0.15) is 0 Å². The molecule has 0 amide bonds. The Morgan fingerprint density at radius 3 is 2.00 bits per heavy atom. The van der Waals surface area contributed by atoms with E-state index < -0.39 is 29.8 Å². The molecule has 1 nitrogen and oxygen atoms in total. The largest absolute Gasteiger partial charge is 0.426 e. The van der Waals surface area contributed by atoms with Crippen molar-refractivity contribution in [2.24, 2.45) is 23.7 Å². The maximum atomic E-state index is 13.0. The highest BCUT2D eigenvalue weighted by Gasteiger charge is 2.76. The highest BCUT2D eigenvalue weighted by Crippen LogP contribution is 2.61. The minimum atomic E-state index is -5.72. The number of hydrogen-bond acceptors (Lipinski definition) is 1. The Kier molecular flexibility index (Phi) is 2.79. The lowest BCUT2D eigenvalue weighted by atomic mass is 9.53. The van der Waals surface area contributed by atoms with Gasteiger partial charge in [-0.05, 0) is 43.4 Å². The van der Waals surface area contributed by atoms with Gasteiger partial charge < -0.3 is 5.11 Å². The summed E-state index contributed by atoms with van der Waals surface area (Å²) < 4.78 is 78.0. The molecule has 0 spiro atoms. The van der Waals surface area contributed by atoms with E-state index >= 15 is 0 Å². The van der Waals surface area contributed by atoms with Crippen molar-refractivity contribution in [2.75, 3.05) is 0 Å². The molecule has 0 radical (unpaired) electrons. The third-order valence-corrected chi connectivity index (χ3v) is 5.04. The van der Waals surface area contributed by atoms with Gasteiger partial charge in [0.05, 0.1) is 0 Å². The molecule has 2 fully saturated rings. The summed E-state index contributed by atoms with van der Waals surface area (Å²) in [6.45, 7) is 0. The third-order valence-electron chi connectivity index (χ3n) is 5.04. The van der Waals surface area contributed by atoms with Gasteiger partial charge in [0, 0.05) is 5.92 Å². The first kappa shape index (κ1) is 14.2. The van der Waals surface area contributed by atoms with Gasteiger partial charge in [0.2, 0.25) is 0 Å². The molecule has 0 saturated heterocycles. The highest BCUT2D eigenvalue weighted by molar-refractivity contribution is 5.27. The van der Waals surface area contributed by atoms with E-state index in [4.69, 9.17) is 0 Å². The van der Waals surface area contributed by atoms with Gasteiger partial charge in [-0.15, -0.1) is 0 Å². The summed E-state index contributed by atoms with van der Waals surface area (Å²) in [6, 6.07) is 0. The molecule has 7 heteroatoms. The van der Waals surface area contributed by atoms with Crippen LogP contribution in [-0.2, 0) is 0 Å². The van der Waals surface area contributed by atoms with Gasteiger partial charge in [-0.2, -0.15) is 26.3 Å². The van der Waals surface area contributed by atoms with Crippen LogP contribution < -0.4 is 0 Å². The first-order valence-corrected chi connectivity index (χ1v) is 6.60. The first-order valence-electron chi connectivity index (χ1n) is 6.60. The molecule has 4 aliphatic rings. The summed E-state index contributed by atoms with van der Waals surface area (Å²) in [7, 11) is 0. The molecule has 4 bridgehead atoms. The van der Waals surface area contributed by atoms with E-state index in [-0.39, 0.29) is 23.8 Å². The van der Waals surface area contributed by atoms with Crippen LogP contribution in [0.4, 0.5) is 26.3 Å². The third kappa shape index (κ3) is 1.74. The van der Waals surface area contributed by atoms with Crippen LogP contribution in [0.15, 0.2) is 11.6 Å². The molecule has 114 valence electrons. The molecule has 4 aliphatic carbocycles. The van der Waals surface area contributed by atoms with Crippen LogP contribution in [-0.4, -0.2) is 23.1 Å². The molecule has 4 rings (SSSR count). The molecule has 1 N–H and O–H groups in total. The molecular weight excluding hydrogens is 286 g/mol. The van der Waals surface area contributed by atoms with Crippen molar-refractivity contribution in [1.82, 2.24) is 0 Å². The lowest BCUT2D eigenvalue weighted by Crippen LogP contribution is -2.65. The molecule has 0 aliphatic heterocycles. The highest BCUT2D eigenvalue weighted by atomic mass is 19.4. The maximum Gasteiger partial charge on any atom is 0.426 e. The lowest BCUT2D eigenvalue weighted by Gasteiger charge is -2.54. The van der Waals surface area contributed by atoms with Crippen LogP contribution in [0.25, 0.3) is 0 Å². The predicted molar refractivity (Wildman–Crippen MR) is 57.6 cm³/mol. The van der Waals surface area contributed by atoms with Gasteiger partial charge in [-0.3, -0.25) is 0 Å². The summed E-state index contributed by atoms with van der Waals surface area (Å²) in [6.07, 6.45) is -8.11. The summed E-state index contributed by atoms with van der Waals surface area (Å²) in [5.41, 5.74) is -4.46. The molecule has 4 atom stereocenters. The molecular formula is C13H14F6O. The normalized spacial score (nSPS) is 37.2. The SMILES string of the molecule is OC(C1C2=CC3CC(C2)CC1C3)(C(F)(F)F)C(F)(F)F. The molecule has 0 aromatic carbocycles. The maximum absolute atomic E-state index is 13.0. The van der Waals surface area contributed by atoms with Crippen molar-refractivity contribution in [3.8, 4) is 0 Å². The zero-order valence-corrected chi connectivity index (χ0v) is 10.4. The van der Waals surface area contributed by atoms with Crippen LogP contribution in [0.3, 0.4) is 0 Å². The second-order valence-corrected chi connectivity index (χ2v) is 6.28. The Morgan fingerprint density at radius 2 is 1.55 bits per heavy atom. The molecule has 20 heavy (non-hydrogen) atoms. The van der Waals surface area contributed by atoms with E-state index in [0.29, 0.717) is 12.8 Å². The van der Waals surface area contributed by atoms with Crippen molar-refractivity contribution in [3.05, 3.63) is 11.6 Å². The molecule has 0 aromatic rings. The van der Waals surface area contributed by atoms with E-state index in [0.717, 1.165) is 6.42 Å². The predicted octanol–water partition coefficient (Wildman–Crippen LogP) is 3.83. The van der Waals surface area contributed by atoms with Crippen LogP contribution >= 0.6 is 0 Å². The lowest BCUT2D eigenvalue weighted by molar-refractivity contribution is -0.388. The zero-order chi connectivity index (χ0) is 14.9. The number of rotatable bonds is 1. The molecule has 4 unspecified atom stereocenters. The van der Waals surface area contributed by atoms with Crippen molar-refractivity contribution < 1.29 is 31.4 Å². The number of alkyl halides is 6. The number of allylic oxidation sites excluding steroid dienone is 1. The van der Waals surface area contributed by atoms with Gasteiger partial charge >= 0.3 is 12.4 Å². The molecule has 2 saturated carbocycles. The van der Waals surface area contributed by atoms with Gasteiger partial charge in [0.25, 0.3) is 5.60 Å². The van der Waals surface area contributed by atoms with Gasteiger partial charge in [0.15, 0.2) is 0 Å². The van der Waals surface area contributed by atoms with Crippen molar-refractivity contribution >= 4 is 0 Å². The van der Waals surface area contributed by atoms with Crippen molar-refractivity contribution in [2.45, 2.75) is 43.6 Å². The second-order valence-electron chi connectivity index (χ2n) is 6.28. The fourth-order valence-electron chi connectivity index (χ4n) is 4.47. The van der Waals surface area contributed by atoms with Crippen LogP contribution in [0.2, 0.25) is 0 Å². The summed E-state index contributed by atoms with van der Waals surface area (Å²) in [4.78, 5) is 0. The van der Waals surface area contributed by atoms with Crippen molar-refractivity contribution in [3.63, 3.8) is 0 Å². The van der Waals surface area contributed by atoms with E-state index in [9.17, 15) is 31.4 Å². The standard InChI is InChI=1S/C13H14F6O/c14-12(15,16)11(20,13(17,18)19)10-8-2-6-1-7(4-8)5-9(10)3-6/h2,6-7,9-10,20H,1,3-5H2. The fraction of sp³-hybridized carbons (Fsp3) is 0.846. The summed E-state index contributed by atoms with van der Waals surface area (Å²) in [5, 5.41) is 9.63. The van der Waals surface area contributed by atoms with Crippen LogP contribution in [0, 0.1) is 23.7 Å². The smallest absolute Gasteiger partial charge is 0.373 e. The minimum Gasteiger partial charge on any atom is -0.373 e. The van der Waals surface area contributed by atoms with Gasteiger partial charge in [-0.1, -0.05) is 11.6 Å². The minimum absolute atomic E-state index is 0.0875. The van der Waals surface area contributed by atoms with E-state index in [2.05, 4.69) is 0 Å². The van der Waals surface area contributed by atoms with E-state index in [1.165, 1.54) is 0 Å². The van der Waals surface area contributed by atoms with E-state index in [1.54, 1.807) is 6.08 Å². The second kappa shape index (κ2) is 3.93. The average molecular weight is 300 g/mol. The summed E-state index contributed by atoms with van der Waals surface area (Å²) in [5.74, 6) is -2.32. The molecule has 0 heterocycles. The quantitative estimate of drug-likeness (QED) is 0.576.